The van der Waals surface area contributed by atoms with E-state index in [0.29, 0.717) is 16.9 Å². The molecule has 1 N–H and O–H groups in total. The first-order valence-corrected chi connectivity index (χ1v) is 7.62. The number of rotatable bonds is 1. The number of carbonyl (C=O) groups excluding carboxylic acids is 1. The molecular formula is C16H21BFNO4. The standard InChI is InChI=1S/C16H21BFNO4/c1-14(2)13(20)19-11-8-9(18)7-10(12(11)21-14)17-22-15(3,4)16(5,6)23-17/h7-8H,1-6H3,(H,19,20). The number of halogens is 1. The molecule has 1 amide bonds. The molecule has 2 aliphatic heterocycles. The third kappa shape index (κ3) is 2.52. The molecule has 0 bridgehead atoms. The second-order valence-corrected chi connectivity index (χ2v) is 7.53. The summed E-state index contributed by atoms with van der Waals surface area (Å²) in [5.74, 6) is -0.429. The molecule has 1 aromatic rings. The number of amides is 1. The topological polar surface area (TPSA) is 56.8 Å². The summed E-state index contributed by atoms with van der Waals surface area (Å²) in [6.45, 7) is 11.0. The van der Waals surface area contributed by atoms with Crippen molar-refractivity contribution in [3.63, 3.8) is 0 Å². The Hall–Kier alpha value is -1.60. The Kier molecular flexibility index (Phi) is 3.33. The predicted octanol–water partition coefficient (Wildman–Crippen LogP) is 2.23. The van der Waals surface area contributed by atoms with E-state index in [4.69, 9.17) is 14.0 Å². The van der Waals surface area contributed by atoms with E-state index in [1.807, 2.05) is 27.7 Å². The van der Waals surface area contributed by atoms with Crippen molar-refractivity contribution in [2.24, 2.45) is 0 Å². The van der Waals surface area contributed by atoms with Gasteiger partial charge in [0.2, 0.25) is 0 Å². The minimum absolute atomic E-state index is 0.291. The highest BCUT2D eigenvalue weighted by Gasteiger charge is 2.53. The number of carbonyl (C=O) groups is 1. The van der Waals surface area contributed by atoms with E-state index in [9.17, 15) is 9.18 Å². The lowest BCUT2D eigenvalue weighted by Gasteiger charge is -2.33. The zero-order valence-corrected chi connectivity index (χ0v) is 14.2. The Balaban J connectivity index is 2.07. The zero-order chi connectivity index (χ0) is 17.2. The van der Waals surface area contributed by atoms with Crippen LogP contribution in [0.25, 0.3) is 0 Å². The van der Waals surface area contributed by atoms with Crippen molar-refractivity contribution in [1.29, 1.82) is 0 Å². The van der Waals surface area contributed by atoms with Crippen molar-refractivity contribution in [2.75, 3.05) is 5.32 Å². The van der Waals surface area contributed by atoms with E-state index in [0.717, 1.165) is 0 Å². The molecule has 0 spiro atoms. The van der Waals surface area contributed by atoms with Crippen LogP contribution in [0, 0.1) is 5.82 Å². The van der Waals surface area contributed by atoms with Crippen molar-refractivity contribution in [3.05, 3.63) is 17.9 Å². The van der Waals surface area contributed by atoms with Crippen LogP contribution in [0.15, 0.2) is 12.1 Å². The molecule has 23 heavy (non-hydrogen) atoms. The first kappa shape index (κ1) is 16.3. The maximum Gasteiger partial charge on any atom is 0.498 e. The van der Waals surface area contributed by atoms with Gasteiger partial charge in [0.05, 0.1) is 16.9 Å². The molecule has 1 saturated heterocycles. The first-order chi connectivity index (χ1) is 10.4. The van der Waals surface area contributed by atoms with Gasteiger partial charge in [0.1, 0.15) is 11.6 Å². The Bertz CT molecular complexity index is 671. The van der Waals surface area contributed by atoms with Gasteiger partial charge in [0, 0.05) is 11.5 Å². The van der Waals surface area contributed by atoms with E-state index in [-0.39, 0.29) is 5.91 Å². The van der Waals surface area contributed by atoms with Gasteiger partial charge in [0.15, 0.2) is 5.60 Å². The van der Waals surface area contributed by atoms with E-state index in [1.165, 1.54) is 12.1 Å². The van der Waals surface area contributed by atoms with Crippen molar-refractivity contribution >= 4 is 24.2 Å². The van der Waals surface area contributed by atoms with E-state index in [2.05, 4.69) is 5.32 Å². The summed E-state index contributed by atoms with van der Waals surface area (Å²) in [5.41, 5.74) is -1.43. The van der Waals surface area contributed by atoms with E-state index >= 15 is 0 Å². The molecule has 0 radical (unpaired) electrons. The van der Waals surface area contributed by atoms with Crippen LogP contribution in [0.2, 0.25) is 0 Å². The molecule has 1 fully saturated rings. The van der Waals surface area contributed by atoms with Crippen molar-refractivity contribution < 1.29 is 23.2 Å². The van der Waals surface area contributed by atoms with Gasteiger partial charge in [-0.1, -0.05) is 0 Å². The summed E-state index contributed by atoms with van der Waals surface area (Å²) < 4.78 is 31.8. The Morgan fingerprint density at radius 1 is 1.04 bits per heavy atom. The summed E-state index contributed by atoms with van der Waals surface area (Å²) in [6, 6.07) is 2.56. The molecule has 2 heterocycles. The van der Waals surface area contributed by atoms with Crippen molar-refractivity contribution in [1.82, 2.24) is 0 Å². The fourth-order valence-electron chi connectivity index (χ4n) is 2.54. The van der Waals surface area contributed by atoms with E-state index < -0.39 is 29.7 Å². The number of anilines is 1. The monoisotopic (exact) mass is 321 g/mol. The number of hydrogen-bond acceptors (Lipinski definition) is 4. The Morgan fingerprint density at radius 3 is 2.17 bits per heavy atom. The SMILES string of the molecule is CC1(C)Oc2c(cc(F)cc2B2OC(C)(C)C(C)(C)O2)NC1=O. The van der Waals surface area contributed by atoms with Crippen molar-refractivity contribution in [2.45, 2.75) is 58.3 Å². The third-order valence-corrected chi connectivity index (χ3v) is 4.74. The number of hydrogen-bond donors (Lipinski definition) is 1. The number of nitrogens with one attached hydrogen (secondary N) is 1. The average Bonchev–Trinajstić information content (AvgIpc) is 2.59. The third-order valence-electron chi connectivity index (χ3n) is 4.74. The molecule has 1 aromatic carbocycles. The van der Waals surface area contributed by atoms with Crippen LogP contribution >= 0.6 is 0 Å². The van der Waals surface area contributed by atoms with Gasteiger partial charge in [0.25, 0.3) is 5.91 Å². The minimum atomic E-state index is -1.05. The number of benzene rings is 1. The van der Waals surface area contributed by atoms with Crippen LogP contribution in [0.5, 0.6) is 5.75 Å². The largest absolute Gasteiger partial charge is 0.498 e. The molecule has 3 rings (SSSR count). The minimum Gasteiger partial charge on any atom is -0.476 e. The number of fused-ring (bicyclic) bond motifs is 1. The number of ether oxygens (including phenoxy) is 1. The first-order valence-electron chi connectivity index (χ1n) is 7.62. The highest BCUT2D eigenvalue weighted by atomic mass is 19.1. The molecule has 7 heteroatoms. The second-order valence-electron chi connectivity index (χ2n) is 7.53. The molecule has 5 nitrogen and oxygen atoms in total. The average molecular weight is 321 g/mol. The quantitative estimate of drug-likeness (QED) is 0.806. The van der Waals surface area contributed by atoms with Crippen LogP contribution < -0.4 is 15.5 Å². The molecule has 124 valence electrons. The highest BCUT2D eigenvalue weighted by molar-refractivity contribution is 6.63. The molecule has 0 atom stereocenters. The predicted molar refractivity (Wildman–Crippen MR) is 85.5 cm³/mol. The van der Waals surface area contributed by atoms with Gasteiger partial charge >= 0.3 is 7.12 Å². The summed E-state index contributed by atoms with van der Waals surface area (Å²) in [7, 11) is -0.768. The summed E-state index contributed by atoms with van der Waals surface area (Å²) >= 11 is 0. The van der Waals surface area contributed by atoms with Crippen molar-refractivity contribution in [3.8, 4) is 5.75 Å². The molecule has 0 saturated carbocycles. The van der Waals surface area contributed by atoms with Gasteiger partial charge < -0.3 is 19.4 Å². The van der Waals surface area contributed by atoms with Gasteiger partial charge in [-0.05, 0) is 47.6 Å². The van der Waals surface area contributed by atoms with Crippen LogP contribution in [0.1, 0.15) is 41.5 Å². The maximum atomic E-state index is 14.0. The summed E-state index contributed by atoms with van der Waals surface area (Å²) in [5, 5.41) is 2.68. The fourth-order valence-corrected chi connectivity index (χ4v) is 2.54. The van der Waals surface area contributed by atoms with E-state index in [1.54, 1.807) is 13.8 Å². The normalized spacial score (nSPS) is 24.0. The Morgan fingerprint density at radius 2 is 1.61 bits per heavy atom. The summed E-state index contributed by atoms with van der Waals surface area (Å²) in [4.78, 5) is 12.0. The smallest absolute Gasteiger partial charge is 0.476 e. The molecule has 0 unspecified atom stereocenters. The molecule has 0 aromatic heterocycles. The van der Waals surface area contributed by atoms with Crippen LogP contribution in [-0.2, 0) is 14.1 Å². The molecule has 2 aliphatic rings. The highest BCUT2D eigenvalue weighted by Crippen LogP contribution is 2.39. The second kappa shape index (κ2) is 4.71. The Labute approximate surface area is 135 Å². The fraction of sp³-hybridized carbons (Fsp3) is 0.562. The van der Waals surface area contributed by atoms with Crippen LogP contribution in [-0.4, -0.2) is 29.8 Å². The zero-order valence-electron chi connectivity index (χ0n) is 14.2. The van der Waals surface area contributed by atoms with Crippen LogP contribution in [0.3, 0.4) is 0 Å². The molecule has 0 aliphatic carbocycles. The maximum absolute atomic E-state index is 14.0. The summed E-state index contributed by atoms with van der Waals surface area (Å²) in [6.07, 6.45) is 0. The van der Waals surface area contributed by atoms with Gasteiger partial charge in [-0.2, -0.15) is 0 Å². The lowest BCUT2D eigenvalue weighted by atomic mass is 9.77. The van der Waals surface area contributed by atoms with Gasteiger partial charge in [-0.3, -0.25) is 4.79 Å². The van der Waals surface area contributed by atoms with Crippen LogP contribution in [0.4, 0.5) is 10.1 Å². The lowest BCUT2D eigenvalue weighted by Crippen LogP contribution is -2.49. The lowest BCUT2D eigenvalue weighted by molar-refractivity contribution is -0.129. The van der Waals surface area contributed by atoms with Gasteiger partial charge in [-0.25, -0.2) is 4.39 Å². The van der Waals surface area contributed by atoms with Gasteiger partial charge in [-0.15, -0.1) is 0 Å². The molecular weight excluding hydrogens is 300 g/mol.